The van der Waals surface area contributed by atoms with E-state index in [-0.39, 0.29) is 41.3 Å². The van der Waals surface area contributed by atoms with Crippen LogP contribution in [-0.2, 0) is 25.7 Å². The molecule has 5 aromatic rings. The van der Waals surface area contributed by atoms with Crippen molar-refractivity contribution in [3.05, 3.63) is 140 Å². The first-order valence-corrected chi connectivity index (χ1v) is 14.7. The number of carbonyl (C=O) groups is 1. The van der Waals surface area contributed by atoms with E-state index < -0.39 is 11.9 Å². The van der Waals surface area contributed by atoms with Crippen molar-refractivity contribution in [1.29, 1.82) is 0 Å². The lowest BCUT2D eigenvalue weighted by atomic mass is 9.91. The molecule has 0 spiro atoms. The molecule has 1 atom stereocenters. The van der Waals surface area contributed by atoms with Gasteiger partial charge < -0.3 is 29.6 Å². The summed E-state index contributed by atoms with van der Waals surface area (Å²) in [6.07, 6.45) is -0.0758. The third-order valence-electron chi connectivity index (χ3n) is 8.00. The minimum Gasteiger partial charge on any atom is -0.507 e. The highest BCUT2D eigenvalue weighted by atomic mass is 35.5. The van der Waals surface area contributed by atoms with Crippen LogP contribution in [0.1, 0.15) is 61.5 Å². The van der Waals surface area contributed by atoms with Gasteiger partial charge in [-0.15, -0.1) is 0 Å². The number of aromatic hydroxyl groups is 3. The first kappa shape index (κ1) is 29.4. The number of benzene rings is 4. The van der Waals surface area contributed by atoms with Crippen molar-refractivity contribution in [2.75, 3.05) is 6.61 Å². The summed E-state index contributed by atoms with van der Waals surface area (Å²) < 4.78 is 11.4. The molecule has 224 valence electrons. The van der Waals surface area contributed by atoms with Crippen molar-refractivity contribution in [2.24, 2.45) is 0 Å². The minimum atomic E-state index is -1.12. The molecule has 0 aliphatic heterocycles. The molecule has 7 nitrogen and oxygen atoms in total. The highest BCUT2D eigenvalue weighted by Gasteiger charge is 2.21. The number of hydrogen-bond acceptors (Lipinski definition) is 7. The second-order valence-electron chi connectivity index (χ2n) is 11.1. The first-order chi connectivity index (χ1) is 21.3. The molecule has 4 aromatic carbocycles. The fraction of sp³-hybridized carbons (Fsp3) is 0.194. The van der Waals surface area contributed by atoms with Gasteiger partial charge in [-0.2, -0.15) is 0 Å². The third kappa shape index (κ3) is 6.16. The number of fused-ring (bicyclic) bond motifs is 8. The Hall–Kier alpha value is -4.72. The molecule has 8 bridgehead atoms. The summed E-state index contributed by atoms with van der Waals surface area (Å²) in [6.45, 7) is -0.170. The maximum Gasteiger partial charge on any atom is 0.200 e. The molecular formula is C36H31ClO7. The SMILES string of the molecule is O=C(CC(O)COc1c2cccc1Cc1cccc(c1O)Cc1cccc(c1O)Cc1cccc(c1O)C2)c1ccc(Cl)o1. The van der Waals surface area contributed by atoms with Gasteiger partial charge >= 0.3 is 0 Å². The maximum absolute atomic E-state index is 12.6. The van der Waals surface area contributed by atoms with Crippen LogP contribution in [0.15, 0.2) is 89.3 Å². The number of aliphatic hydroxyl groups is 1. The number of hydrogen-bond donors (Lipinski definition) is 4. The number of ketones is 1. The summed E-state index contributed by atoms with van der Waals surface area (Å²) in [4.78, 5) is 12.6. The maximum atomic E-state index is 12.6. The van der Waals surface area contributed by atoms with E-state index in [2.05, 4.69) is 0 Å². The molecule has 0 saturated carbocycles. The highest BCUT2D eigenvalue weighted by Crippen LogP contribution is 2.37. The Labute approximate surface area is 259 Å². The minimum absolute atomic E-state index is 0.0634. The van der Waals surface area contributed by atoms with Gasteiger partial charge in [0.05, 0.1) is 6.10 Å². The van der Waals surface area contributed by atoms with Crippen molar-refractivity contribution >= 4 is 17.4 Å². The van der Waals surface area contributed by atoms with E-state index in [0.29, 0.717) is 64.8 Å². The molecule has 1 aliphatic rings. The predicted octanol–water partition coefficient (Wildman–Crippen LogP) is 6.74. The molecule has 8 heteroatoms. The van der Waals surface area contributed by atoms with Crippen LogP contribution in [0.3, 0.4) is 0 Å². The van der Waals surface area contributed by atoms with Crippen LogP contribution in [0.2, 0.25) is 5.22 Å². The van der Waals surface area contributed by atoms with Crippen LogP contribution in [0, 0.1) is 0 Å². The lowest BCUT2D eigenvalue weighted by molar-refractivity contribution is 0.0729. The second-order valence-corrected chi connectivity index (χ2v) is 11.5. The summed E-state index contributed by atoms with van der Waals surface area (Å²) in [6, 6.07) is 25.2. The Morgan fingerprint density at radius 3 is 1.43 bits per heavy atom. The monoisotopic (exact) mass is 610 g/mol. The molecule has 6 rings (SSSR count). The number of rotatable bonds is 6. The Morgan fingerprint density at radius 2 is 1.05 bits per heavy atom. The van der Waals surface area contributed by atoms with Crippen LogP contribution in [-0.4, -0.2) is 38.9 Å². The average Bonchev–Trinajstić information content (AvgIpc) is 3.44. The van der Waals surface area contributed by atoms with E-state index in [1.54, 1.807) is 0 Å². The van der Waals surface area contributed by atoms with Gasteiger partial charge in [-0.25, -0.2) is 0 Å². The molecular weight excluding hydrogens is 580 g/mol. The van der Waals surface area contributed by atoms with Gasteiger partial charge in [0, 0.05) is 32.1 Å². The zero-order valence-electron chi connectivity index (χ0n) is 23.8. The molecule has 0 saturated heterocycles. The van der Waals surface area contributed by atoms with Crippen LogP contribution >= 0.6 is 11.6 Å². The average molecular weight is 611 g/mol. The van der Waals surface area contributed by atoms with Crippen LogP contribution in [0.4, 0.5) is 0 Å². The smallest absolute Gasteiger partial charge is 0.200 e. The zero-order valence-corrected chi connectivity index (χ0v) is 24.6. The molecule has 1 unspecified atom stereocenters. The Morgan fingerprint density at radius 1 is 0.659 bits per heavy atom. The number of Topliss-reactive ketones (excluding diaryl/α,β-unsaturated/α-hetero) is 1. The van der Waals surface area contributed by atoms with Crippen molar-refractivity contribution in [3.8, 4) is 23.0 Å². The van der Waals surface area contributed by atoms with Gasteiger partial charge in [0.1, 0.15) is 29.6 Å². The Balaban J connectivity index is 1.38. The number of aliphatic hydroxyl groups excluding tert-OH is 1. The van der Waals surface area contributed by atoms with Crippen molar-refractivity contribution < 1.29 is 34.4 Å². The van der Waals surface area contributed by atoms with Crippen LogP contribution < -0.4 is 4.74 Å². The van der Waals surface area contributed by atoms with E-state index in [1.165, 1.54) is 12.1 Å². The molecule has 1 heterocycles. The largest absolute Gasteiger partial charge is 0.507 e. The van der Waals surface area contributed by atoms with E-state index in [1.807, 2.05) is 72.8 Å². The normalized spacial score (nSPS) is 13.3. The first-order valence-electron chi connectivity index (χ1n) is 14.4. The summed E-state index contributed by atoms with van der Waals surface area (Å²) >= 11 is 5.79. The Kier molecular flexibility index (Phi) is 8.33. The number of para-hydroxylation sites is 4. The molecule has 0 radical (unpaired) electrons. The third-order valence-corrected chi connectivity index (χ3v) is 8.20. The van der Waals surface area contributed by atoms with Gasteiger partial charge in [-0.1, -0.05) is 72.8 Å². The van der Waals surface area contributed by atoms with E-state index in [9.17, 15) is 25.2 Å². The fourth-order valence-corrected chi connectivity index (χ4v) is 5.88. The van der Waals surface area contributed by atoms with Crippen molar-refractivity contribution in [1.82, 2.24) is 0 Å². The number of furan rings is 1. The van der Waals surface area contributed by atoms with Gasteiger partial charge in [0.15, 0.2) is 11.0 Å². The summed E-state index contributed by atoms with van der Waals surface area (Å²) in [7, 11) is 0. The lowest BCUT2D eigenvalue weighted by Crippen LogP contribution is -2.22. The second kappa shape index (κ2) is 12.5. The standard InChI is InChI=1S/C36H31ClO7/c37-32-14-13-31(44-32)30(39)19-29(38)20-43-36-27-11-4-12-28(36)18-26-10-3-8-24(35(26)42)16-22-6-1-5-21(33(22)40)15-23-7-2-9-25(17-27)34(23)41/h1-14,29,38,40-42H,15-20H2. The molecule has 1 aliphatic carbocycles. The van der Waals surface area contributed by atoms with E-state index in [0.717, 1.165) is 11.1 Å². The van der Waals surface area contributed by atoms with E-state index >= 15 is 0 Å². The quantitative estimate of drug-likeness (QED) is 0.154. The zero-order chi connectivity index (χ0) is 30.8. The lowest BCUT2D eigenvalue weighted by Gasteiger charge is -2.20. The predicted molar refractivity (Wildman–Crippen MR) is 166 cm³/mol. The summed E-state index contributed by atoms with van der Waals surface area (Å²) in [5.74, 6) is 0.570. The number of carbonyl (C=O) groups excluding carboxylic acids is 1. The van der Waals surface area contributed by atoms with Gasteiger partial charge in [-0.05, 0) is 68.2 Å². The number of phenolic OH excluding ortho intramolecular Hbond substituents is 3. The summed E-state index contributed by atoms with van der Waals surface area (Å²) in [5, 5.41) is 44.6. The fourth-order valence-electron chi connectivity index (χ4n) is 5.73. The van der Waals surface area contributed by atoms with Gasteiger partial charge in [-0.3, -0.25) is 4.79 Å². The molecule has 1 aromatic heterocycles. The van der Waals surface area contributed by atoms with Gasteiger partial charge in [0.2, 0.25) is 5.78 Å². The molecule has 4 N–H and O–H groups in total. The number of ether oxygens (including phenoxy) is 1. The molecule has 0 fully saturated rings. The van der Waals surface area contributed by atoms with Gasteiger partial charge in [0.25, 0.3) is 0 Å². The van der Waals surface area contributed by atoms with Crippen molar-refractivity contribution in [2.45, 2.75) is 38.2 Å². The van der Waals surface area contributed by atoms with E-state index in [4.69, 9.17) is 20.8 Å². The molecule has 44 heavy (non-hydrogen) atoms. The Bertz CT molecular complexity index is 1750. The molecule has 0 amide bonds. The van der Waals surface area contributed by atoms with Crippen molar-refractivity contribution in [3.63, 3.8) is 0 Å². The van der Waals surface area contributed by atoms with Crippen LogP contribution in [0.5, 0.6) is 23.0 Å². The number of phenols is 3. The van der Waals surface area contributed by atoms with Crippen LogP contribution in [0.25, 0.3) is 0 Å². The highest BCUT2D eigenvalue weighted by molar-refractivity contribution is 6.29. The summed E-state index contributed by atoms with van der Waals surface area (Å²) in [5.41, 5.74) is 5.53. The topological polar surface area (TPSA) is 120 Å². The number of halogens is 1.